The average Bonchev–Trinajstić information content (AvgIpc) is 2.60. The molecule has 2 N–H and O–H groups in total. The number of halogens is 2. The smallest absolute Gasteiger partial charge is 0.387 e. The van der Waals surface area contributed by atoms with Gasteiger partial charge < -0.3 is 9.47 Å². The third-order valence-electron chi connectivity index (χ3n) is 3.06. The monoisotopic (exact) mass is 350 g/mol. The maximum atomic E-state index is 12.1. The minimum atomic E-state index is -2.94. The summed E-state index contributed by atoms with van der Waals surface area (Å²) in [4.78, 5) is 23.9. The Labute approximate surface area is 142 Å². The van der Waals surface area contributed by atoms with Crippen LogP contribution in [0.5, 0.6) is 11.5 Å². The standard InChI is InChI=1S/C17H16F2N2O4/c1-2-24-13-7-3-11(4-8-13)15(22)20-21-16(23)12-5-9-14(10-6-12)25-17(18)19/h3-10,17H,2H2,1H3,(H,20,22)(H,21,23). The number of benzene rings is 2. The van der Waals surface area contributed by atoms with Gasteiger partial charge in [0, 0.05) is 11.1 Å². The molecule has 0 heterocycles. The van der Waals surface area contributed by atoms with E-state index in [-0.39, 0.29) is 11.3 Å². The van der Waals surface area contributed by atoms with E-state index in [1.54, 1.807) is 24.3 Å². The summed E-state index contributed by atoms with van der Waals surface area (Å²) >= 11 is 0. The molecule has 0 atom stereocenters. The summed E-state index contributed by atoms with van der Waals surface area (Å²) in [5.74, 6) is -0.531. The van der Waals surface area contributed by atoms with Crippen LogP contribution in [0.2, 0.25) is 0 Å². The average molecular weight is 350 g/mol. The summed E-state index contributed by atoms with van der Waals surface area (Å²) in [7, 11) is 0. The van der Waals surface area contributed by atoms with E-state index in [0.717, 1.165) is 0 Å². The second-order valence-electron chi connectivity index (χ2n) is 4.77. The van der Waals surface area contributed by atoms with Crippen molar-refractivity contribution in [2.45, 2.75) is 13.5 Å². The molecule has 0 fully saturated rings. The molecule has 0 saturated carbocycles. The Morgan fingerprint density at radius 2 is 1.32 bits per heavy atom. The highest BCUT2D eigenvalue weighted by atomic mass is 19.3. The van der Waals surface area contributed by atoms with Gasteiger partial charge in [0.05, 0.1) is 6.61 Å². The molecule has 0 aliphatic heterocycles. The van der Waals surface area contributed by atoms with Crippen molar-refractivity contribution in [1.29, 1.82) is 0 Å². The first-order valence-corrected chi connectivity index (χ1v) is 7.38. The van der Waals surface area contributed by atoms with E-state index < -0.39 is 18.4 Å². The second kappa shape index (κ2) is 8.62. The normalized spacial score (nSPS) is 10.2. The van der Waals surface area contributed by atoms with Gasteiger partial charge in [0.15, 0.2) is 0 Å². The predicted octanol–water partition coefficient (Wildman–Crippen LogP) is 2.76. The van der Waals surface area contributed by atoms with Gasteiger partial charge in [-0.2, -0.15) is 8.78 Å². The number of carbonyl (C=O) groups excluding carboxylic acids is 2. The molecule has 0 aliphatic carbocycles. The predicted molar refractivity (Wildman–Crippen MR) is 85.6 cm³/mol. The third-order valence-corrected chi connectivity index (χ3v) is 3.06. The molecular formula is C17H16F2N2O4. The zero-order valence-corrected chi connectivity index (χ0v) is 13.3. The highest BCUT2D eigenvalue weighted by Gasteiger charge is 2.10. The van der Waals surface area contributed by atoms with Crippen molar-refractivity contribution < 1.29 is 27.8 Å². The van der Waals surface area contributed by atoms with Crippen LogP contribution in [0.3, 0.4) is 0 Å². The molecule has 2 aromatic rings. The molecule has 25 heavy (non-hydrogen) atoms. The molecule has 132 valence electrons. The maximum Gasteiger partial charge on any atom is 0.387 e. The van der Waals surface area contributed by atoms with Crippen molar-refractivity contribution in [3.8, 4) is 11.5 Å². The number of amides is 2. The summed E-state index contributed by atoms with van der Waals surface area (Å²) in [6.45, 7) is -0.571. The van der Waals surface area contributed by atoms with Crippen molar-refractivity contribution in [2.75, 3.05) is 6.61 Å². The van der Waals surface area contributed by atoms with Crippen LogP contribution in [0.25, 0.3) is 0 Å². The van der Waals surface area contributed by atoms with Crippen molar-refractivity contribution >= 4 is 11.8 Å². The van der Waals surface area contributed by atoms with Gasteiger partial charge in [-0.3, -0.25) is 20.4 Å². The van der Waals surface area contributed by atoms with E-state index in [2.05, 4.69) is 15.6 Å². The van der Waals surface area contributed by atoms with Crippen molar-refractivity contribution in [1.82, 2.24) is 10.9 Å². The molecule has 8 heteroatoms. The van der Waals surface area contributed by atoms with Crippen LogP contribution >= 0.6 is 0 Å². The maximum absolute atomic E-state index is 12.1. The lowest BCUT2D eigenvalue weighted by atomic mass is 10.2. The molecule has 0 radical (unpaired) electrons. The van der Waals surface area contributed by atoms with E-state index in [9.17, 15) is 18.4 Å². The lowest BCUT2D eigenvalue weighted by Crippen LogP contribution is -2.41. The van der Waals surface area contributed by atoms with E-state index >= 15 is 0 Å². The van der Waals surface area contributed by atoms with Gasteiger partial charge in [-0.25, -0.2) is 0 Å². The van der Waals surface area contributed by atoms with Gasteiger partial charge in [0.2, 0.25) is 0 Å². The molecule has 2 amide bonds. The molecule has 0 aliphatic rings. The highest BCUT2D eigenvalue weighted by molar-refractivity contribution is 5.99. The van der Waals surface area contributed by atoms with Crippen molar-refractivity contribution in [3.05, 3.63) is 59.7 Å². The van der Waals surface area contributed by atoms with Crippen LogP contribution < -0.4 is 20.3 Å². The van der Waals surface area contributed by atoms with Crippen LogP contribution in [0.1, 0.15) is 27.6 Å². The number of hydrogen-bond acceptors (Lipinski definition) is 4. The topological polar surface area (TPSA) is 76.7 Å². The highest BCUT2D eigenvalue weighted by Crippen LogP contribution is 2.15. The van der Waals surface area contributed by atoms with Crippen molar-refractivity contribution in [2.24, 2.45) is 0 Å². The molecule has 2 aromatic carbocycles. The molecule has 0 saturated heterocycles. The lowest BCUT2D eigenvalue weighted by Gasteiger charge is -2.09. The SMILES string of the molecule is CCOc1ccc(C(=O)NNC(=O)c2ccc(OC(F)F)cc2)cc1. The quantitative estimate of drug-likeness (QED) is 0.786. The molecular weight excluding hydrogens is 334 g/mol. The second-order valence-corrected chi connectivity index (χ2v) is 4.77. The first-order valence-electron chi connectivity index (χ1n) is 7.38. The Bertz CT molecular complexity index is 718. The van der Waals surface area contributed by atoms with Crippen LogP contribution in [0.4, 0.5) is 8.78 Å². The van der Waals surface area contributed by atoms with E-state index in [0.29, 0.717) is 17.9 Å². The molecule has 0 bridgehead atoms. The number of carbonyl (C=O) groups is 2. The number of rotatable bonds is 6. The largest absolute Gasteiger partial charge is 0.494 e. The minimum Gasteiger partial charge on any atom is -0.494 e. The van der Waals surface area contributed by atoms with Gasteiger partial charge in [-0.15, -0.1) is 0 Å². The number of nitrogens with one attached hydrogen (secondary N) is 2. The van der Waals surface area contributed by atoms with Gasteiger partial charge in [-0.1, -0.05) is 0 Å². The number of hydrazine groups is 1. The Morgan fingerprint density at radius 1 is 0.880 bits per heavy atom. The zero-order chi connectivity index (χ0) is 18.2. The fraction of sp³-hybridized carbons (Fsp3) is 0.176. The number of ether oxygens (including phenoxy) is 2. The summed E-state index contributed by atoms with van der Waals surface area (Å²) in [6.07, 6.45) is 0. The van der Waals surface area contributed by atoms with Gasteiger partial charge in [0.1, 0.15) is 11.5 Å². The first kappa shape index (κ1) is 18.2. The van der Waals surface area contributed by atoms with Gasteiger partial charge in [0.25, 0.3) is 11.8 Å². The Morgan fingerprint density at radius 3 is 1.72 bits per heavy atom. The number of hydrogen-bond donors (Lipinski definition) is 2. The minimum absolute atomic E-state index is 0.0648. The van der Waals surface area contributed by atoms with E-state index in [1.165, 1.54) is 24.3 Å². The third kappa shape index (κ3) is 5.45. The molecule has 0 spiro atoms. The Hall–Kier alpha value is -3.16. The summed E-state index contributed by atoms with van der Waals surface area (Å²) < 4.78 is 33.6. The van der Waals surface area contributed by atoms with Crippen LogP contribution in [-0.4, -0.2) is 25.0 Å². The van der Waals surface area contributed by atoms with Crippen molar-refractivity contribution in [3.63, 3.8) is 0 Å². The van der Waals surface area contributed by atoms with Gasteiger partial charge in [-0.05, 0) is 55.5 Å². The fourth-order valence-corrected chi connectivity index (χ4v) is 1.91. The molecule has 6 nitrogen and oxygen atoms in total. The fourth-order valence-electron chi connectivity index (χ4n) is 1.91. The first-order chi connectivity index (χ1) is 12.0. The molecule has 2 rings (SSSR count). The summed E-state index contributed by atoms with van der Waals surface area (Å²) in [5.41, 5.74) is 5.02. The molecule has 0 aromatic heterocycles. The summed E-state index contributed by atoms with van der Waals surface area (Å²) in [6, 6.07) is 11.5. The Balaban J connectivity index is 1.89. The number of alkyl halides is 2. The zero-order valence-electron chi connectivity index (χ0n) is 13.3. The van der Waals surface area contributed by atoms with Crippen LogP contribution in [0, 0.1) is 0 Å². The van der Waals surface area contributed by atoms with Gasteiger partial charge >= 0.3 is 6.61 Å². The summed E-state index contributed by atoms with van der Waals surface area (Å²) in [5, 5.41) is 0. The van der Waals surface area contributed by atoms with E-state index in [4.69, 9.17) is 4.74 Å². The van der Waals surface area contributed by atoms with E-state index in [1.807, 2.05) is 6.92 Å². The molecule has 0 unspecified atom stereocenters. The van der Waals surface area contributed by atoms with Crippen LogP contribution in [-0.2, 0) is 0 Å². The lowest BCUT2D eigenvalue weighted by molar-refractivity contribution is -0.0498. The Kier molecular flexibility index (Phi) is 6.27. The van der Waals surface area contributed by atoms with Crippen LogP contribution in [0.15, 0.2) is 48.5 Å².